The standard InChI is InChI=1S/C21H29N5O2/c1-21(2,15-17-7-5-4-6-8-17)16-23-20(27)26-13-11-25(12-14-26)19-22-10-9-18(24-19)28-3/h4-10H,11-16H2,1-3H3,(H,23,27). The van der Waals surface area contributed by atoms with E-state index < -0.39 is 0 Å². The molecule has 0 saturated carbocycles. The normalized spacial score (nSPS) is 14.7. The molecule has 1 aliphatic rings. The first kappa shape index (κ1) is 19.9. The average Bonchev–Trinajstić information content (AvgIpc) is 2.72. The first-order chi connectivity index (χ1) is 13.5. The summed E-state index contributed by atoms with van der Waals surface area (Å²) in [5.41, 5.74) is 1.28. The summed E-state index contributed by atoms with van der Waals surface area (Å²) in [7, 11) is 1.59. The lowest BCUT2D eigenvalue weighted by atomic mass is 9.86. The summed E-state index contributed by atoms with van der Waals surface area (Å²) < 4.78 is 5.16. The minimum atomic E-state index is -0.00709. The molecule has 1 aromatic carbocycles. The molecule has 0 bridgehead atoms. The predicted octanol–water partition coefficient (Wildman–Crippen LogP) is 2.59. The molecule has 2 amide bonds. The van der Waals surface area contributed by atoms with Crippen LogP contribution in [0.25, 0.3) is 0 Å². The predicted molar refractivity (Wildman–Crippen MR) is 110 cm³/mol. The smallest absolute Gasteiger partial charge is 0.317 e. The maximum Gasteiger partial charge on any atom is 0.317 e. The van der Waals surface area contributed by atoms with Gasteiger partial charge in [-0.1, -0.05) is 44.2 Å². The molecule has 3 rings (SSSR count). The number of hydrogen-bond donors (Lipinski definition) is 1. The van der Waals surface area contributed by atoms with Crippen molar-refractivity contribution in [2.24, 2.45) is 5.41 Å². The molecule has 1 saturated heterocycles. The van der Waals surface area contributed by atoms with Crippen molar-refractivity contribution in [2.45, 2.75) is 20.3 Å². The van der Waals surface area contributed by atoms with Gasteiger partial charge in [0.05, 0.1) is 7.11 Å². The SMILES string of the molecule is COc1ccnc(N2CCN(C(=O)NCC(C)(C)Cc3ccccc3)CC2)n1. The number of carbonyl (C=O) groups is 1. The second kappa shape index (κ2) is 8.91. The zero-order valence-electron chi connectivity index (χ0n) is 16.9. The van der Waals surface area contributed by atoms with Crippen molar-refractivity contribution in [3.8, 4) is 5.88 Å². The van der Waals surface area contributed by atoms with E-state index in [1.54, 1.807) is 19.4 Å². The Morgan fingerprint density at radius 1 is 1.14 bits per heavy atom. The van der Waals surface area contributed by atoms with E-state index in [1.165, 1.54) is 5.56 Å². The number of aromatic nitrogens is 2. The quantitative estimate of drug-likeness (QED) is 0.830. The number of hydrogen-bond acceptors (Lipinski definition) is 5. The maximum atomic E-state index is 12.6. The van der Waals surface area contributed by atoms with Crippen LogP contribution >= 0.6 is 0 Å². The number of anilines is 1. The molecule has 28 heavy (non-hydrogen) atoms. The summed E-state index contributed by atoms with van der Waals surface area (Å²) in [6.07, 6.45) is 2.62. The minimum absolute atomic E-state index is 0.00668. The highest BCUT2D eigenvalue weighted by Crippen LogP contribution is 2.21. The van der Waals surface area contributed by atoms with Crippen molar-refractivity contribution in [1.82, 2.24) is 20.2 Å². The molecule has 1 N–H and O–H groups in total. The van der Waals surface area contributed by atoms with Gasteiger partial charge in [-0.15, -0.1) is 0 Å². The van der Waals surface area contributed by atoms with Gasteiger partial charge in [-0.25, -0.2) is 9.78 Å². The van der Waals surface area contributed by atoms with E-state index in [4.69, 9.17) is 4.74 Å². The second-order valence-electron chi connectivity index (χ2n) is 7.86. The largest absolute Gasteiger partial charge is 0.481 e. The number of rotatable bonds is 6. The van der Waals surface area contributed by atoms with Crippen molar-refractivity contribution in [3.63, 3.8) is 0 Å². The Morgan fingerprint density at radius 3 is 2.54 bits per heavy atom. The number of nitrogens with one attached hydrogen (secondary N) is 1. The molecule has 0 atom stereocenters. The van der Waals surface area contributed by atoms with Gasteiger partial charge >= 0.3 is 6.03 Å². The summed E-state index contributed by atoms with van der Waals surface area (Å²) in [5, 5.41) is 3.10. The van der Waals surface area contributed by atoms with Gasteiger partial charge in [0, 0.05) is 45.0 Å². The molecule has 0 radical (unpaired) electrons. The lowest BCUT2D eigenvalue weighted by molar-refractivity contribution is 0.188. The van der Waals surface area contributed by atoms with Crippen molar-refractivity contribution in [1.29, 1.82) is 0 Å². The summed E-state index contributed by atoms with van der Waals surface area (Å²) in [6, 6.07) is 12.1. The summed E-state index contributed by atoms with van der Waals surface area (Å²) in [5.74, 6) is 1.19. The van der Waals surface area contributed by atoms with Crippen LogP contribution in [0.5, 0.6) is 5.88 Å². The Balaban J connectivity index is 1.47. The van der Waals surface area contributed by atoms with Crippen LogP contribution in [0.1, 0.15) is 19.4 Å². The summed E-state index contributed by atoms with van der Waals surface area (Å²) >= 11 is 0. The van der Waals surface area contributed by atoms with Crippen LogP contribution in [0, 0.1) is 5.41 Å². The maximum absolute atomic E-state index is 12.6. The number of amides is 2. The lowest BCUT2D eigenvalue weighted by Gasteiger charge is -2.35. The van der Waals surface area contributed by atoms with Gasteiger partial charge < -0.3 is 19.9 Å². The van der Waals surface area contributed by atoms with Gasteiger partial charge in [-0.2, -0.15) is 4.98 Å². The van der Waals surface area contributed by atoms with Gasteiger partial charge in [0.15, 0.2) is 0 Å². The van der Waals surface area contributed by atoms with E-state index in [0.717, 1.165) is 6.42 Å². The minimum Gasteiger partial charge on any atom is -0.481 e. The van der Waals surface area contributed by atoms with E-state index in [0.29, 0.717) is 44.6 Å². The Kier molecular flexibility index (Phi) is 6.34. The van der Waals surface area contributed by atoms with E-state index in [-0.39, 0.29) is 11.4 Å². The van der Waals surface area contributed by atoms with Gasteiger partial charge in [0.1, 0.15) is 0 Å². The third kappa shape index (κ3) is 5.34. The molecular formula is C21H29N5O2. The Morgan fingerprint density at radius 2 is 1.86 bits per heavy atom. The fourth-order valence-electron chi connectivity index (χ4n) is 3.35. The summed E-state index contributed by atoms with van der Waals surface area (Å²) in [6.45, 7) is 7.69. The Bertz CT molecular complexity index is 773. The van der Waals surface area contributed by atoms with Gasteiger partial charge in [0.2, 0.25) is 11.8 Å². The Labute approximate surface area is 166 Å². The highest BCUT2D eigenvalue weighted by Gasteiger charge is 2.25. The van der Waals surface area contributed by atoms with Crippen LogP contribution in [0.4, 0.5) is 10.7 Å². The van der Waals surface area contributed by atoms with Crippen LogP contribution < -0.4 is 15.0 Å². The van der Waals surface area contributed by atoms with Crippen molar-refractivity contribution >= 4 is 12.0 Å². The van der Waals surface area contributed by atoms with Gasteiger partial charge in [0.25, 0.3) is 0 Å². The highest BCUT2D eigenvalue weighted by molar-refractivity contribution is 5.74. The van der Waals surface area contributed by atoms with E-state index in [9.17, 15) is 4.79 Å². The zero-order valence-corrected chi connectivity index (χ0v) is 16.9. The monoisotopic (exact) mass is 383 g/mol. The molecule has 0 aliphatic carbocycles. The molecule has 7 nitrogen and oxygen atoms in total. The number of nitrogens with zero attached hydrogens (tertiary/aromatic N) is 4. The lowest BCUT2D eigenvalue weighted by Crippen LogP contribution is -2.53. The average molecular weight is 383 g/mol. The third-order valence-corrected chi connectivity index (χ3v) is 4.92. The molecule has 1 aliphatic heterocycles. The molecule has 1 aromatic heterocycles. The first-order valence-electron chi connectivity index (χ1n) is 9.65. The number of methoxy groups -OCH3 is 1. The van der Waals surface area contributed by atoms with Crippen LogP contribution in [-0.2, 0) is 6.42 Å². The molecule has 0 spiro atoms. The van der Waals surface area contributed by atoms with Crippen LogP contribution in [-0.4, -0.2) is 60.7 Å². The van der Waals surface area contributed by atoms with E-state index in [2.05, 4.69) is 58.3 Å². The number of urea groups is 1. The third-order valence-electron chi connectivity index (χ3n) is 4.92. The Hall–Kier alpha value is -2.83. The molecule has 150 valence electrons. The van der Waals surface area contributed by atoms with E-state index in [1.807, 2.05) is 11.0 Å². The molecular weight excluding hydrogens is 354 g/mol. The number of benzene rings is 1. The number of ether oxygens (including phenoxy) is 1. The van der Waals surface area contributed by atoms with E-state index >= 15 is 0 Å². The molecule has 1 fully saturated rings. The number of piperazine rings is 1. The second-order valence-corrected chi connectivity index (χ2v) is 7.86. The molecule has 2 heterocycles. The fraction of sp³-hybridized carbons (Fsp3) is 0.476. The number of carbonyl (C=O) groups excluding carboxylic acids is 1. The first-order valence-corrected chi connectivity index (χ1v) is 9.65. The zero-order chi connectivity index (χ0) is 20.0. The van der Waals surface area contributed by atoms with Crippen molar-refractivity contribution in [2.75, 3.05) is 44.7 Å². The highest BCUT2D eigenvalue weighted by atomic mass is 16.5. The van der Waals surface area contributed by atoms with Crippen LogP contribution in [0.2, 0.25) is 0 Å². The van der Waals surface area contributed by atoms with Gasteiger partial charge in [-0.3, -0.25) is 0 Å². The molecule has 7 heteroatoms. The van der Waals surface area contributed by atoms with Crippen molar-refractivity contribution < 1.29 is 9.53 Å². The fourth-order valence-corrected chi connectivity index (χ4v) is 3.35. The summed E-state index contributed by atoms with van der Waals surface area (Å²) in [4.78, 5) is 25.2. The van der Waals surface area contributed by atoms with Gasteiger partial charge in [-0.05, 0) is 17.4 Å². The van der Waals surface area contributed by atoms with Crippen molar-refractivity contribution in [3.05, 3.63) is 48.2 Å². The molecule has 2 aromatic rings. The topological polar surface area (TPSA) is 70.6 Å². The van der Waals surface area contributed by atoms with Crippen LogP contribution in [0.3, 0.4) is 0 Å². The molecule has 0 unspecified atom stereocenters. The van der Waals surface area contributed by atoms with Crippen LogP contribution in [0.15, 0.2) is 42.6 Å².